The van der Waals surface area contributed by atoms with Crippen molar-refractivity contribution < 1.29 is 17.4 Å². The Kier molecular flexibility index (Phi) is 3.70. The van der Waals surface area contributed by atoms with Crippen molar-refractivity contribution in [3.05, 3.63) is 54.9 Å². The van der Waals surface area contributed by atoms with Gasteiger partial charge in [-0.25, -0.2) is 0 Å². The summed E-state index contributed by atoms with van der Waals surface area (Å²) in [5.74, 6) is 0. The monoisotopic (exact) mass is 207 g/mol. The van der Waals surface area contributed by atoms with Gasteiger partial charge in [0.15, 0.2) is 0 Å². The summed E-state index contributed by atoms with van der Waals surface area (Å²) in [6.45, 7) is 0. The molecule has 13 heavy (non-hydrogen) atoms. The van der Waals surface area contributed by atoms with E-state index in [1.807, 2.05) is 42.7 Å². The maximum Gasteiger partial charge on any atom is 0.0273 e. The van der Waals surface area contributed by atoms with Crippen LogP contribution >= 0.6 is 0 Å². The number of aromatic nitrogens is 1. The molecule has 0 radical (unpaired) electrons. The second kappa shape index (κ2) is 4.81. The van der Waals surface area contributed by atoms with Crippen molar-refractivity contribution in [1.29, 1.82) is 0 Å². The number of pyridine rings is 1. The summed E-state index contributed by atoms with van der Waals surface area (Å²) in [5, 5.41) is 0. The van der Waals surface area contributed by atoms with E-state index in [0.29, 0.717) is 0 Å². The number of hydrogen-bond acceptors (Lipinski definition) is 1. The van der Waals surface area contributed by atoms with Crippen LogP contribution in [0.4, 0.5) is 0 Å². The van der Waals surface area contributed by atoms with Crippen molar-refractivity contribution in [1.82, 2.24) is 4.98 Å². The topological polar surface area (TPSA) is 12.9 Å². The number of rotatable bonds is 1. The molecule has 0 bridgehead atoms. The largest absolute Gasteiger partial charge is 0.265 e. The van der Waals surface area contributed by atoms with Crippen LogP contribution in [0.3, 0.4) is 0 Å². The van der Waals surface area contributed by atoms with Crippen LogP contribution in [0.25, 0.3) is 11.1 Å². The van der Waals surface area contributed by atoms with Crippen molar-refractivity contribution in [3.8, 4) is 11.1 Å². The Balaban J connectivity index is 0.000000845. The van der Waals surface area contributed by atoms with Crippen molar-refractivity contribution in [2.24, 2.45) is 0 Å². The minimum Gasteiger partial charge on any atom is -0.265 e. The molecule has 0 saturated heterocycles. The van der Waals surface area contributed by atoms with E-state index in [0.717, 1.165) is 0 Å². The zero-order valence-corrected chi connectivity index (χ0v) is 8.33. The van der Waals surface area contributed by atoms with E-state index in [1.54, 1.807) is 0 Å². The Morgan fingerprint density at radius 1 is 0.692 bits per heavy atom. The summed E-state index contributed by atoms with van der Waals surface area (Å²) in [5.41, 5.74) is 2.45. The second-order valence-corrected chi connectivity index (χ2v) is 2.60. The van der Waals surface area contributed by atoms with E-state index in [-0.39, 0.29) is 17.4 Å². The third kappa shape index (κ3) is 2.42. The quantitative estimate of drug-likeness (QED) is 0.700. The maximum absolute atomic E-state index is 3.97. The smallest absolute Gasteiger partial charge is 0.0273 e. The Bertz CT molecular complexity index is 307. The van der Waals surface area contributed by atoms with Gasteiger partial charge in [-0.05, 0) is 23.3 Å². The van der Waals surface area contributed by atoms with Crippen LogP contribution in [0.5, 0.6) is 0 Å². The fourth-order valence-corrected chi connectivity index (χ4v) is 1.17. The Labute approximate surface area is 88.6 Å². The summed E-state index contributed by atoms with van der Waals surface area (Å²) in [6, 6.07) is 14.3. The normalized spacial score (nSPS) is 8.92. The molecule has 0 aliphatic carbocycles. The SMILES string of the molecule is [Cr].c1ccc(-c2ccncc2)cc1. The molecule has 2 aromatic rings. The van der Waals surface area contributed by atoms with Crippen molar-refractivity contribution >= 4 is 0 Å². The molecule has 0 saturated carbocycles. The first-order chi connectivity index (χ1) is 5.97. The molecule has 0 atom stereocenters. The third-order valence-electron chi connectivity index (χ3n) is 1.79. The zero-order chi connectivity index (χ0) is 8.23. The van der Waals surface area contributed by atoms with Crippen LogP contribution in [0.15, 0.2) is 54.9 Å². The van der Waals surface area contributed by atoms with Crippen LogP contribution in [0, 0.1) is 0 Å². The molecule has 1 aromatic heterocycles. The molecule has 0 aliphatic heterocycles. The molecule has 0 N–H and O–H groups in total. The molecule has 1 aromatic carbocycles. The van der Waals surface area contributed by atoms with E-state index in [2.05, 4.69) is 17.1 Å². The standard InChI is InChI=1S/C11H9N.Cr/c1-2-4-10(5-3-1)11-6-8-12-9-7-11;/h1-9H;. The number of benzene rings is 1. The van der Waals surface area contributed by atoms with Crippen molar-refractivity contribution in [3.63, 3.8) is 0 Å². The molecular weight excluding hydrogens is 198 g/mol. The summed E-state index contributed by atoms with van der Waals surface area (Å²) < 4.78 is 0. The second-order valence-electron chi connectivity index (χ2n) is 2.60. The zero-order valence-electron chi connectivity index (χ0n) is 7.05. The molecule has 0 amide bonds. The van der Waals surface area contributed by atoms with Gasteiger partial charge in [0.05, 0.1) is 0 Å². The molecule has 1 nitrogen and oxygen atoms in total. The van der Waals surface area contributed by atoms with E-state index < -0.39 is 0 Å². The predicted octanol–water partition coefficient (Wildman–Crippen LogP) is 2.75. The molecule has 0 aliphatic rings. The van der Waals surface area contributed by atoms with E-state index in [1.165, 1.54) is 11.1 Å². The Morgan fingerprint density at radius 3 is 1.85 bits per heavy atom. The van der Waals surface area contributed by atoms with Gasteiger partial charge in [0, 0.05) is 29.8 Å². The average molecular weight is 207 g/mol. The van der Waals surface area contributed by atoms with Crippen LogP contribution in [-0.2, 0) is 17.4 Å². The fourth-order valence-electron chi connectivity index (χ4n) is 1.17. The summed E-state index contributed by atoms with van der Waals surface area (Å²) in [7, 11) is 0. The molecular formula is C11H9CrN. The molecule has 0 spiro atoms. The molecule has 64 valence electrons. The van der Waals surface area contributed by atoms with Gasteiger partial charge in [0.2, 0.25) is 0 Å². The van der Waals surface area contributed by atoms with E-state index in [9.17, 15) is 0 Å². The summed E-state index contributed by atoms with van der Waals surface area (Å²) >= 11 is 0. The summed E-state index contributed by atoms with van der Waals surface area (Å²) in [6.07, 6.45) is 3.62. The fraction of sp³-hybridized carbons (Fsp3) is 0. The molecule has 0 unspecified atom stereocenters. The first-order valence-electron chi connectivity index (χ1n) is 3.92. The summed E-state index contributed by atoms with van der Waals surface area (Å²) in [4.78, 5) is 3.97. The van der Waals surface area contributed by atoms with Gasteiger partial charge >= 0.3 is 0 Å². The molecule has 2 rings (SSSR count). The molecule has 1 heterocycles. The first-order valence-corrected chi connectivity index (χ1v) is 3.92. The van der Waals surface area contributed by atoms with Gasteiger partial charge in [-0.2, -0.15) is 0 Å². The molecule has 2 heteroatoms. The van der Waals surface area contributed by atoms with Gasteiger partial charge in [0.1, 0.15) is 0 Å². The first kappa shape index (κ1) is 9.99. The van der Waals surface area contributed by atoms with Gasteiger partial charge in [-0.3, -0.25) is 4.98 Å². The minimum absolute atomic E-state index is 0. The van der Waals surface area contributed by atoms with Crippen LogP contribution < -0.4 is 0 Å². The van der Waals surface area contributed by atoms with Gasteiger partial charge in [0.25, 0.3) is 0 Å². The van der Waals surface area contributed by atoms with Crippen molar-refractivity contribution in [2.45, 2.75) is 0 Å². The maximum atomic E-state index is 3.97. The van der Waals surface area contributed by atoms with E-state index in [4.69, 9.17) is 0 Å². The van der Waals surface area contributed by atoms with Crippen LogP contribution in [0.2, 0.25) is 0 Å². The Hall–Kier alpha value is -1.10. The third-order valence-corrected chi connectivity index (χ3v) is 1.79. The number of nitrogens with zero attached hydrogens (tertiary/aromatic N) is 1. The van der Waals surface area contributed by atoms with Crippen molar-refractivity contribution in [2.75, 3.05) is 0 Å². The van der Waals surface area contributed by atoms with Crippen LogP contribution in [-0.4, -0.2) is 4.98 Å². The van der Waals surface area contributed by atoms with Gasteiger partial charge in [-0.15, -0.1) is 0 Å². The Morgan fingerprint density at radius 2 is 1.23 bits per heavy atom. The van der Waals surface area contributed by atoms with Gasteiger partial charge < -0.3 is 0 Å². The predicted molar refractivity (Wildman–Crippen MR) is 49.7 cm³/mol. The van der Waals surface area contributed by atoms with E-state index >= 15 is 0 Å². The molecule has 0 fully saturated rings. The van der Waals surface area contributed by atoms with Crippen LogP contribution in [0.1, 0.15) is 0 Å². The van der Waals surface area contributed by atoms with Gasteiger partial charge in [-0.1, -0.05) is 30.3 Å². The minimum atomic E-state index is 0. The number of hydrogen-bond donors (Lipinski definition) is 0. The average Bonchev–Trinajstić information content (AvgIpc) is 2.21.